The number of furan rings is 1. The highest BCUT2D eigenvalue weighted by molar-refractivity contribution is 6.02. The molecular weight excluding hydrogens is 787 g/mol. The van der Waals surface area contributed by atoms with Gasteiger partial charge >= 0.3 is 0 Å². The molecule has 9 aromatic carbocycles. The second-order valence-electron chi connectivity index (χ2n) is 17.9. The molecule has 1 spiro atoms. The molecule has 0 aliphatic heterocycles. The van der Waals surface area contributed by atoms with Gasteiger partial charge in [0.2, 0.25) is 0 Å². The summed E-state index contributed by atoms with van der Waals surface area (Å²) in [4.78, 5) is 2.43. The summed E-state index contributed by atoms with van der Waals surface area (Å²) in [6, 6.07) is 82.4. The Balaban J connectivity index is 1.01. The van der Waals surface area contributed by atoms with Gasteiger partial charge in [0.15, 0.2) is 0 Å². The van der Waals surface area contributed by atoms with Crippen LogP contribution < -0.4 is 4.90 Å². The van der Waals surface area contributed by atoms with Gasteiger partial charge in [0.1, 0.15) is 11.3 Å². The van der Waals surface area contributed by atoms with E-state index in [0.29, 0.717) is 0 Å². The van der Waals surface area contributed by atoms with Crippen LogP contribution in [-0.4, -0.2) is 0 Å². The van der Waals surface area contributed by atoms with Crippen molar-refractivity contribution in [1.29, 1.82) is 0 Å². The van der Waals surface area contributed by atoms with Gasteiger partial charge in [-0.3, -0.25) is 0 Å². The molecule has 2 heteroatoms. The summed E-state index contributed by atoms with van der Waals surface area (Å²) >= 11 is 0. The highest BCUT2D eigenvalue weighted by atomic mass is 16.3. The predicted octanol–water partition coefficient (Wildman–Crippen LogP) is 15.9. The number of para-hydroxylation sites is 2. The van der Waals surface area contributed by atoms with Crippen LogP contribution >= 0.6 is 0 Å². The van der Waals surface area contributed by atoms with Crippen LogP contribution in [0.2, 0.25) is 0 Å². The summed E-state index contributed by atoms with van der Waals surface area (Å²) in [6.45, 7) is 0. The van der Waals surface area contributed by atoms with E-state index in [-0.39, 0.29) is 17.8 Å². The van der Waals surface area contributed by atoms with E-state index in [1.165, 1.54) is 71.8 Å². The lowest BCUT2D eigenvalue weighted by Crippen LogP contribution is -2.34. The molecular formula is C63H45NO. The van der Waals surface area contributed by atoms with E-state index in [4.69, 9.17) is 4.42 Å². The fourth-order valence-electron chi connectivity index (χ4n) is 11.7. The first-order chi connectivity index (χ1) is 32.2. The van der Waals surface area contributed by atoms with Crippen LogP contribution in [0.4, 0.5) is 11.4 Å². The Hall–Kier alpha value is -7.94. The van der Waals surface area contributed by atoms with Gasteiger partial charge in [0.05, 0.1) is 5.41 Å². The third-order valence-corrected chi connectivity index (χ3v) is 14.5. The quantitative estimate of drug-likeness (QED) is 0.152. The Morgan fingerprint density at radius 1 is 0.538 bits per heavy atom. The SMILES string of the molecule is C1=CC2c3ccccc3C3(c4cc(CC(c5ccccc5)c5cccc6ccccc56)ccc4-c4c3oc3ccccc43)C2C=C1N(c1ccccc1)c1ccc(-c2ccccc2)cc1. The van der Waals surface area contributed by atoms with Crippen molar-refractivity contribution in [3.05, 3.63) is 288 Å². The van der Waals surface area contributed by atoms with Crippen LogP contribution in [0.5, 0.6) is 0 Å². The second-order valence-corrected chi connectivity index (χ2v) is 17.9. The van der Waals surface area contributed by atoms with Crippen molar-refractivity contribution in [2.24, 2.45) is 5.92 Å². The highest BCUT2D eigenvalue weighted by Crippen LogP contribution is 2.67. The molecule has 2 nitrogen and oxygen atoms in total. The van der Waals surface area contributed by atoms with Crippen LogP contribution in [0.3, 0.4) is 0 Å². The van der Waals surface area contributed by atoms with Crippen LogP contribution in [0, 0.1) is 5.92 Å². The van der Waals surface area contributed by atoms with Gasteiger partial charge in [-0.2, -0.15) is 0 Å². The van der Waals surface area contributed by atoms with Crippen molar-refractivity contribution < 1.29 is 4.42 Å². The smallest absolute Gasteiger partial charge is 0.135 e. The normalized spacial score (nSPS) is 18.2. The van der Waals surface area contributed by atoms with Crippen molar-refractivity contribution in [2.45, 2.75) is 23.7 Å². The molecule has 0 fully saturated rings. The maximum Gasteiger partial charge on any atom is 0.135 e. The van der Waals surface area contributed by atoms with Crippen molar-refractivity contribution in [3.63, 3.8) is 0 Å². The molecule has 10 aromatic rings. The number of allylic oxidation sites excluding steroid dienone is 3. The summed E-state index contributed by atoms with van der Waals surface area (Å²) < 4.78 is 7.30. The fraction of sp³-hybridized carbons (Fsp3) is 0.0794. The summed E-state index contributed by atoms with van der Waals surface area (Å²) in [5, 5.41) is 3.75. The van der Waals surface area contributed by atoms with Crippen LogP contribution in [-0.2, 0) is 11.8 Å². The number of anilines is 2. The molecule has 13 rings (SSSR count). The first-order valence-corrected chi connectivity index (χ1v) is 22.9. The summed E-state index contributed by atoms with van der Waals surface area (Å²) in [5.74, 6) is 1.41. The number of hydrogen-bond acceptors (Lipinski definition) is 2. The number of fused-ring (bicyclic) bond motifs is 13. The van der Waals surface area contributed by atoms with Gasteiger partial charge in [0, 0.05) is 45.8 Å². The number of hydrogen-bond donors (Lipinski definition) is 0. The van der Waals surface area contributed by atoms with E-state index in [2.05, 4.69) is 248 Å². The molecule has 308 valence electrons. The molecule has 1 aromatic heterocycles. The molecule has 3 aliphatic carbocycles. The van der Waals surface area contributed by atoms with Crippen molar-refractivity contribution in [2.75, 3.05) is 4.90 Å². The number of benzene rings is 9. The molecule has 0 saturated carbocycles. The van der Waals surface area contributed by atoms with E-state index in [1.807, 2.05) is 0 Å². The maximum absolute atomic E-state index is 7.30. The molecule has 0 N–H and O–H groups in total. The summed E-state index contributed by atoms with van der Waals surface area (Å²) in [6.07, 6.45) is 8.26. The second kappa shape index (κ2) is 15.1. The maximum atomic E-state index is 7.30. The van der Waals surface area contributed by atoms with Gasteiger partial charge in [-0.05, 0) is 104 Å². The lowest BCUT2D eigenvalue weighted by Gasteiger charge is -2.37. The molecule has 0 bridgehead atoms. The lowest BCUT2D eigenvalue weighted by atomic mass is 9.67. The van der Waals surface area contributed by atoms with Crippen molar-refractivity contribution in [1.82, 2.24) is 0 Å². The zero-order chi connectivity index (χ0) is 42.9. The molecule has 4 atom stereocenters. The first kappa shape index (κ1) is 37.6. The van der Waals surface area contributed by atoms with Crippen molar-refractivity contribution in [3.8, 4) is 22.3 Å². The zero-order valence-electron chi connectivity index (χ0n) is 35.9. The monoisotopic (exact) mass is 831 g/mol. The average Bonchev–Trinajstić information content (AvgIpc) is 4.00. The molecule has 3 aliphatic rings. The molecule has 1 heterocycles. The van der Waals surface area contributed by atoms with E-state index < -0.39 is 5.41 Å². The third-order valence-electron chi connectivity index (χ3n) is 14.5. The standard InChI is InChI=1S/C63H45NO/c1-4-17-43(18-5-1)44-32-34-48(35-33-44)64(47-23-8-3-9-24-47)49-36-38-53-52-26-12-14-29-57(52)63(59(53)41-49)58-40-42(31-37-54(58)61-55-27-13-15-30-60(55)65-62(61)63)39-56(46-19-6-2-7-20-46)51-28-16-22-45-21-10-11-25-50(45)51/h1-38,40-41,53,56,59H,39H2. The van der Waals surface area contributed by atoms with E-state index in [0.717, 1.165) is 34.8 Å². The fourth-order valence-corrected chi connectivity index (χ4v) is 11.7. The predicted molar refractivity (Wildman–Crippen MR) is 268 cm³/mol. The molecule has 0 amide bonds. The topological polar surface area (TPSA) is 16.4 Å². The Labute approximate surface area is 380 Å². The molecule has 0 radical (unpaired) electrons. The van der Waals surface area contributed by atoms with Gasteiger partial charge < -0.3 is 9.32 Å². The Morgan fingerprint density at radius 3 is 2.03 bits per heavy atom. The van der Waals surface area contributed by atoms with E-state index in [9.17, 15) is 0 Å². The minimum atomic E-state index is -0.571. The largest absolute Gasteiger partial charge is 0.459 e. The zero-order valence-corrected chi connectivity index (χ0v) is 35.9. The first-order valence-electron chi connectivity index (χ1n) is 22.9. The van der Waals surface area contributed by atoms with E-state index in [1.54, 1.807) is 0 Å². The van der Waals surface area contributed by atoms with Crippen LogP contribution in [0.15, 0.2) is 253 Å². The molecule has 4 unspecified atom stereocenters. The number of nitrogens with zero attached hydrogens (tertiary/aromatic N) is 1. The lowest BCUT2D eigenvalue weighted by molar-refractivity contribution is 0.385. The average molecular weight is 832 g/mol. The highest BCUT2D eigenvalue weighted by Gasteiger charge is 2.60. The van der Waals surface area contributed by atoms with Gasteiger partial charge in [-0.1, -0.05) is 206 Å². The van der Waals surface area contributed by atoms with Gasteiger partial charge in [-0.25, -0.2) is 0 Å². The Morgan fingerprint density at radius 2 is 1.20 bits per heavy atom. The van der Waals surface area contributed by atoms with Crippen LogP contribution in [0.1, 0.15) is 51.0 Å². The summed E-state index contributed by atoms with van der Waals surface area (Å²) in [7, 11) is 0. The van der Waals surface area contributed by atoms with Crippen molar-refractivity contribution >= 4 is 33.1 Å². The van der Waals surface area contributed by atoms with E-state index >= 15 is 0 Å². The van der Waals surface area contributed by atoms with Gasteiger partial charge in [-0.15, -0.1) is 0 Å². The summed E-state index contributed by atoms with van der Waals surface area (Å²) in [5.41, 5.74) is 16.7. The van der Waals surface area contributed by atoms with Gasteiger partial charge in [0.25, 0.3) is 0 Å². The minimum Gasteiger partial charge on any atom is -0.459 e. The third kappa shape index (κ3) is 5.87. The Bertz CT molecular complexity index is 3470. The minimum absolute atomic E-state index is 0.0357. The molecule has 65 heavy (non-hydrogen) atoms. The number of rotatable bonds is 8. The van der Waals surface area contributed by atoms with Crippen LogP contribution in [0.25, 0.3) is 44.0 Å². The molecule has 0 saturated heterocycles. The Kier molecular flexibility index (Phi) is 8.74.